The van der Waals surface area contributed by atoms with Crippen LogP contribution in [0.1, 0.15) is 21.7 Å². The van der Waals surface area contributed by atoms with E-state index in [1.165, 1.54) is 12.3 Å². The first kappa shape index (κ1) is 14.0. The summed E-state index contributed by atoms with van der Waals surface area (Å²) >= 11 is 0. The second-order valence-electron chi connectivity index (χ2n) is 3.85. The molecule has 2 rings (SSSR count). The molecular formula is C12H8F4N2O2. The Hall–Kier alpha value is -2.38. The minimum atomic E-state index is -4.86. The molecule has 1 amide bonds. The van der Waals surface area contributed by atoms with Gasteiger partial charge in [0.2, 0.25) is 0 Å². The molecular weight excluding hydrogens is 280 g/mol. The Morgan fingerprint density at radius 1 is 1.30 bits per heavy atom. The highest BCUT2D eigenvalue weighted by atomic mass is 19.4. The highest BCUT2D eigenvalue weighted by molar-refractivity contribution is 5.94. The monoisotopic (exact) mass is 288 g/mol. The standard InChI is InChI=1S/C12H8F4N2O2/c13-10-2-1-7(5-9(10)12(14,15)16)11(19)17-6-8-3-4-18-20-8/h1-5H,6H2,(H,17,19). The van der Waals surface area contributed by atoms with Gasteiger partial charge in [0.25, 0.3) is 5.91 Å². The number of hydrogen-bond donors (Lipinski definition) is 1. The zero-order valence-corrected chi connectivity index (χ0v) is 9.87. The molecule has 1 heterocycles. The molecule has 0 saturated carbocycles. The zero-order valence-electron chi connectivity index (χ0n) is 9.87. The molecule has 2 aromatic rings. The molecule has 0 saturated heterocycles. The van der Waals surface area contributed by atoms with Gasteiger partial charge in [0.15, 0.2) is 5.76 Å². The molecule has 0 spiro atoms. The van der Waals surface area contributed by atoms with Crippen molar-refractivity contribution in [2.45, 2.75) is 12.7 Å². The van der Waals surface area contributed by atoms with Crippen LogP contribution in [-0.2, 0) is 12.7 Å². The molecule has 8 heteroatoms. The summed E-state index contributed by atoms with van der Waals surface area (Å²) in [6.07, 6.45) is -3.49. The van der Waals surface area contributed by atoms with Gasteiger partial charge in [-0.1, -0.05) is 5.16 Å². The van der Waals surface area contributed by atoms with Gasteiger partial charge < -0.3 is 9.84 Å². The van der Waals surface area contributed by atoms with Gasteiger partial charge >= 0.3 is 6.18 Å². The minimum absolute atomic E-state index is 0.0302. The summed E-state index contributed by atoms with van der Waals surface area (Å²) in [5.41, 5.74) is -1.77. The summed E-state index contributed by atoms with van der Waals surface area (Å²) in [5.74, 6) is -1.85. The number of nitrogens with one attached hydrogen (secondary N) is 1. The van der Waals surface area contributed by atoms with Crippen molar-refractivity contribution in [3.8, 4) is 0 Å². The van der Waals surface area contributed by atoms with Crippen LogP contribution in [0.3, 0.4) is 0 Å². The van der Waals surface area contributed by atoms with E-state index in [0.29, 0.717) is 17.9 Å². The van der Waals surface area contributed by atoms with E-state index in [1.54, 1.807) is 0 Å². The van der Waals surface area contributed by atoms with Crippen LogP contribution in [0.25, 0.3) is 0 Å². The predicted molar refractivity (Wildman–Crippen MR) is 59.1 cm³/mol. The highest BCUT2D eigenvalue weighted by Crippen LogP contribution is 2.31. The van der Waals surface area contributed by atoms with Crippen LogP contribution in [-0.4, -0.2) is 11.1 Å². The van der Waals surface area contributed by atoms with Crippen LogP contribution in [0.15, 0.2) is 35.0 Å². The average Bonchev–Trinajstić information content (AvgIpc) is 2.88. The Labute approximate surface area is 110 Å². The number of rotatable bonds is 3. The van der Waals surface area contributed by atoms with Gasteiger partial charge in [-0.05, 0) is 18.2 Å². The molecule has 0 unspecified atom stereocenters. The second-order valence-corrected chi connectivity index (χ2v) is 3.85. The van der Waals surface area contributed by atoms with Crippen LogP contribution in [0, 0.1) is 5.82 Å². The molecule has 0 aliphatic rings. The van der Waals surface area contributed by atoms with Gasteiger partial charge in [-0.3, -0.25) is 4.79 Å². The third-order valence-electron chi connectivity index (χ3n) is 2.45. The van der Waals surface area contributed by atoms with Gasteiger partial charge in [-0.15, -0.1) is 0 Å². The Bertz CT molecular complexity index is 608. The van der Waals surface area contributed by atoms with E-state index in [2.05, 4.69) is 10.5 Å². The maximum Gasteiger partial charge on any atom is 0.419 e. The van der Waals surface area contributed by atoms with E-state index >= 15 is 0 Å². The molecule has 1 N–H and O–H groups in total. The molecule has 4 nitrogen and oxygen atoms in total. The van der Waals surface area contributed by atoms with Crippen molar-refractivity contribution in [2.24, 2.45) is 0 Å². The SMILES string of the molecule is O=C(NCc1ccno1)c1ccc(F)c(C(F)(F)F)c1. The maximum atomic E-state index is 13.1. The normalized spacial score (nSPS) is 11.4. The van der Waals surface area contributed by atoms with Gasteiger partial charge in [0.05, 0.1) is 18.3 Å². The molecule has 0 radical (unpaired) electrons. The van der Waals surface area contributed by atoms with E-state index in [0.717, 1.165) is 6.07 Å². The van der Waals surface area contributed by atoms with Crippen LogP contribution < -0.4 is 5.32 Å². The molecule has 106 valence electrons. The molecule has 0 bridgehead atoms. The molecule has 20 heavy (non-hydrogen) atoms. The van der Waals surface area contributed by atoms with E-state index < -0.39 is 23.5 Å². The van der Waals surface area contributed by atoms with E-state index in [-0.39, 0.29) is 12.1 Å². The van der Waals surface area contributed by atoms with Gasteiger partial charge in [-0.25, -0.2) is 4.39 Å². The molecule has 0 aliphatic heterocycles. The lowest BCUT2D eigenvalue weighted by molar-refractivity contribution is -0.140. The number of hydrogen-bond acceptors (Lipinski definition) is 3. The van der Waals surface area contributed by atoms with Crippen molar-refractivity contribution in [3.63, 3.8) is 0 Å². The lowest BCUT2D eigenvalue weighted by Crippen LogP contribution is -2.23. The van der Waals surface area contributed by atoms with Gasteiger partial charge in [0, 0.05) is 11.6 Å². The Morgan fingerprint density at radius 2 is 2.05 bits per heavy atom. The first-order valence-electron chi connectivity index (χ1n) is 5.42. The number of amides is 1. The molecule has 0 atom stereocenters. The average molecular weight is 288 g/mol. The molecule has 0 aliphatic carbocycles. The number of carbonyl (C=O) groups is 1. The number of carbonyl (C=O) groups excluding carboxylic acids is 1. The lowest BCUT2D eigenvalue weighted by Gasteiger charge is -2.10. The van der Waals surface area contributed by atoms with Crippen LogP contribution in [0.4, 0.5) is 17.6 Å². The van der Waals surface area contributed by atoms with Gasteiger partial charge in [-0.2, -0.15) is 13.2 Å². The fraction of sp³-hybridized carbons (Fsp3) is 0.167. The lowest BCUT2D eigenvalue weighted by atomic mass is 10.1. The summed E-state index contributed by atoms with van der Waals surface area (Å²) < 4.78 is 55.3. The highest BCUT2D eigenvalue weighted by Gasteiger charge is 2.34. The minimum Gasteiger partial charge on any atom is -0.360 e. The van der Waals surface area contributed by atoms with E-state index in [9.17, 15) is 22.4 Å². The van der Waals surface area contributed by atoms with Crippen molar-refractivity contribution in [2.75, 3.05) is 0 Å². The predicted octanol–water partition coefficient (Wildman–Crippen LogP) is 2.76. The maximum absolute atomic E-state index is 13.1. The fourth-order valence-electron chi connectivity index (χ4n) is 1.49. The topological polar surface area (TPSA) is 55.1 Å². The Kier molecular flexibility index (Phi) is 3.73. The van der Waals surface area contributed by atoms with Crippen molar-refractivity contribution in [3.05, 3.63) is 53.2 Å². The van der Waals surface area contributed by atoms with Crippen molar-refractivity contribution >= 4 is 5.91 Å². The Morgan fingerprint density at radius 3 is 2.65 bits per heavy atom. The zero-order chi connectivity index (χ0) is 14.8. The van der Waals surface area contributed by atoms with Crippen LogP contribution in [0.2, 0.25) is 0 Å². The van der Waals surface area contributed by atoms with E-state index in [4.69, 9.17) is 4.52 Å². The van der Waals surface area contributed by atoms with Crippen molar-refractivity contribution < 1.29 is 26.9 Å². The third kappa shape index (κ3) is 3.14. The second kappa shape index (κ2) is 5.32. The number of nitrogens with zero attached hydrogens (tertiary/aromatic N) is 1. The quantitative estimate of drug-likeness (QED) is 0.884. The third-order valence-corrected chi connectivity index (χ3v) is 2.45. The first-order valence-corrected chi connectivity index (χ1v) is 5.42. The number of benzene rings is 1. The first-order chi connectivity index (χ1) is 9.38. The Balaban J connectivity index is 2.14. The summed E-state index contributed by atoms with van der Waals surface area (Å²) in [7, 11) is 0. The fourth-order valence-corrected chi connectivity index (χ4v) is 1.49. The van der Waals surface area contributed by atoms with Crippen LogP contribution >= 0.6 is 0 Å². The van der Waals surface area contributed by atoms with Crippen molar-refractivity contribution in [1.82, 2.24) is 10.5 Å². The van der Waals surface area contributed by atoms with Crippen LogP contribution in [0.5, 0.6) is 0 Å². The van der Waals surface area contributed by atoms with E-state index in [1.807, 2.05) is 0 Å². The summed E-state index contributed by atoms with van der Waals surface area (Å²) in [5, 5.41) is 5.74. The number of halogens is 4. The van der Waals surface area contributed by atoms with Crippen molar-refractivity contribution in [1.29, 1.82) is 0 Å². The summed E-state index contributed by atoms with van der Waals surface area (Å²) in [6, 6.07) is 3.53. The molecule has 1 aromatic heterocycles. The summed E-state index contributed by atoms with van der Waals surface area (Å²) in [4.78, 5) is 11.7. The number of aromatic nitrogens is 1. The largest absolute Gasteiger partial charge is 0.419 e. The smallest absolute Gasteiger partial charge is 0.360 e. The number of alkyl halides is 3. The summed E-state index contributed by atoms with van der Waals surface area (Å²) in [6.45, 7) is -0.0302. The molecule has 0 fully saturated rings. The molecule has 1 aromatic carbocycles. The van der Waals surface area contributed by atoms with Gasteiger partial charge in [0.1, 0.15) is 5.82 Å².